The first-order valence-electron chi connectivity index (χ1n) is 6.11. The molecular formula is C13H14ClF3N2S. The van der Waals surface area contributed by atoms with Crippen molar-refractivity contribution in [2.75, 3.05) is 11.1 Å². The fourth-order valence-corrected chi connectivity index (χ4v) is 3.03. The predicted molar refractivity (Wildman–Crippen MR) is 78.6 cm³/mol. The van der Waals surface area contributed by atoms with Gasteiger partial charge < -0.3 is 5.32 Å². The van der Waals surface area contributed by atoms with Crippen molar-refractivity contribution < 1.29 is 13.2 Å². The number of aliphatic imine (C=N–C) groups is 1. The van der Waals surface area contributed by atoms with E-state index in [1.807, 2.05) is 6.92 Å². The number of thioether (sulfide) groups is 1. The van der Waals surface area contributed by atoms with Crippen molar-refractivity contribution in [3.05, 3.63) is 28.8 Å². The number of benzene rings is 1. The van der Waals surface area contributed by atoms with E-state index in [4.69, 9.17) is 11.6 Å². The van der Waals surface area contributed by atoms with Crippen LogP contribution in [-0.2, 0) is 6.18 Å². The van der Waals surface area contributed by atoms with E-state index >= 15 is 0 Å². The summed E-state index contributed by atoms with van der Waals surface area (Å²) < 4.78 is 37.6. The number of anilines is 1. The van der Waals surface area contributed by atoms with Crippen LogP contribution in [0.4, 0.5) is 18.9 Å². The van der Waals surface area contributed by atoms with Gasteiger partial charge in [-0.05, 0) is 31.0 Å². The lowest BCUT2D eigenvalue weighted by atomic mass is 10.1. The zero-order valence-electron chi connectivity index (χ0n) is 11.0. The van der Waals surface area contributed by atoms with Crippen molar-refractivity contribution in [2.45, 2.75) is 26.1 Å². The Balaban J connectivity index is 2.17. The lowest BCUT2D eigenvalue weighted by molar-refractivity contribution is -0.137. The molecule has 0 bridgehead atoms. The largest absolute Gasteiger partial charge is 0.416 e. The van der Waals surface area contributed by atoms with Crippen LogP contribution < -0.4 is 5.32 Å². The smallest absolute Gasteiger partial charge is 0.334 e. The summed E-state index contributed by atoms with van der Waals surface area (Å²) in [5, 5.41) is 3.72. The topological polar surface area (TPSA) is 24.4 Å². The first-order chi connectivity index (χ1) is 9.27. The Morgan fingerprint density at radius 3 is 2.60 bits per heavy atom. The molecule has 110 valence electrons. The van der Waals surface area contributed by atoms with Crippen molar-refractivity contribution in [2.24, 2.45) is 10.9 Å². The number of alkyl halides is 3. The van der Waals surface area contributed by atoms with E-state index < -0.39 is 11.7 Å². The average Bonchev–Trinajstić information content (AvgIpc) is 2.35. The van der Waals surface area contributed by atoms with Crippen molar-refractivity contribution in [1.29, 1.82) is 0 Å². The summed E-state index contributed by atoms with van der Waals surface area (Å²) in [6.07, 6.45) is -4.39. The van der Waals surface area contributed by atoms with E-state index in [1.54, 1.807) is 11.8 Å². The monoisotopic (exact) mass is 322 g/mol. The summed E-state index contributed by atoms with van der Waals surface area (Å²) in [4.78, 5) is 4.46. The second-order valence-corrected chi connectivity index (χ2v) is 6.20. The first kappa shape index (κ1) is 15.5. The molecule has 1 aromatic carbocycles. The van der Waals surface area contributed by atoms with Crippen LogP contribution >= 0.6 is 23.4 Å². The number of hydrogen-bond acceptors (Lipinski definition) is 3. The number of rotatable bonds is 1. The molecule has 0 aliphatic carbocycles. The number of nitrogens with one attached hydrogen (secondary N) is 1. The normalized spacial score (nSPS) is 23.4. The number of hydrogen-bond donors (Lipinski definition) is 1. The molecule has 2 rings (SSSR count). The van der Waals surface area contributed by atoms with Gasteiger partial charge in [0.05, 0.1) is 22.3 Å². The van der Waals surface area contributed by atoms with E-state index in [2.05, 4.69) is 17.2 Å². The Morgan fingerprint density at radius 1 is 1.35 bits per heavy atom. The summed E-state index contributed by atoms with van der Waals surface area (Å²) >= 11 is 7.44. The van der Waals surface area contributed by atoms with E-state index in [9.17, 15) is 13.2 Å². The maximum Gasteiger partial charge on any atom is 0.416 e. The molecule has 0 saturated carbocycles. The summed E-state index contributed by atoms with van der Waals surface area (Å²) in [7, 11) is 0. The Labute approximate surface area is 124 Å². The van der Waals surface area contributed by atoms with Gasteiger partial charge in [-0.1, -0.05) is 30.3 Å². The Hall–Kier alpha value is -0.880. The molecule has 1 aliphatic heterocycles. The van der Waals surface area contributed by atoms with Gasteiger partial charge in [0.1, 0.15) is 0 Å². The standard InChI is InChI=1S/C13H14ClF3N2S/c1-7-6-20-12(18-8(7)2)19-11-4-3-9(5-10(11)14)13(15,16)17/h3-5,7-8H,6H2,1-2H3,(H,18,19). The zero-order chi connectivity index (χ0) is 14.9. The fourth-order valence-electron chi connectivity index (χ4n) is 1.68. The molecule has 2 unspecified atom stereocenters. The Kier molecular flexibility index (Phi) is 4.54. The van der Waals surface area contributed by atoms with Crippen LogP contribution in [0.3, 0.4) is 0 Å². The highest BCUT2D eigenvalue weighted by molar-refractivity contribution is 8.14. The van der Waals surface area contributed by atoms with Crippen LogP contribution in [0, 0.1) is 5.92 Å². The summed E-state index contributed by atoms with van der Waals surface area (Å²) in [5.41, 5.74) is -0.319. The third kappa shape index (κ3) is 3.61. The first-order valence-corrected chi connectivity index (χ1v) is 7.48. The Bertz CT molecular complexity index is 531. The Morgan fingerprint density at radius 2 is 2.05 bits per heavy atom. The van der Waals surface area contributed by atoms with Gasteiger partial charge in [-0.25, -0.2) is 0 Å². The third-order valence-corrected chi connectivity index (χ3v) is 4.65. The minimum atomic E-state index is -4.39. The minimum absolute atomic E-state index is 0.0365. The SMILES string of the molecule is CC1CSC(Nc2ccc(C(F)(F)F)cc2Cl)=NC1C. The second kappa shape index (κ2) is 5.85. The molecule has 1 heterocycles. The minimum Gasteiger partial charge on any atom is -0.334 e. The zero-order valence-corrected chi connectivity index (χ0v) is 12.5. The molecule has 0 radical (unpaired) electrons. The number of amidine groups is 1. The molecule has 2 nitrogen and oxygen atoms in total. The average molecular weight is 323 g/mol. The molecule has 0 amide bonds. The highest BCUT2D eigenvalue weighted by Gasteiger charge is 2.31. The lowest BCUT2D eigenvalue weighted by Gasteiger charge is -2.24. The van der Waals surface area contributed by atoms with E-state index in [0.717, 1.165) is 17.9 Å². The molecule has 1 N–H and O–H groups in total. The molecule has 2 atom stereocenters. The lowest BCUT2D eigenvalue weighted by Crippen LogP contribution is -2.25. The summed E-state index contributed by atoms with van der Waals surface area (Å²) in [6, 6.07) is 3.45. The van der Waals surface area contributed by atoms with Crippen LogP contribution in [0.2, 0.25) is 5.02 Å². The molecule has 7 heteroatoms. The van der Waals surface area contributed by atoms with Crippen LogP contribution in [-0.4, -0.2) is 17.0 Å². The molecular weight excluding hydrogens is 309 g/mol. The van der Waals surface area contributed by atoms with Crippen molar-refractivity contribution >= 4 is 34.2 Å². The molecule has 1 aliphatic rings. The van der Waals surface area contributed by atoms with Crippen molar-refractivity contribution in [3.8, 4) is 0 Å². The number of halogens is 4. The molecule has 0 fully saturated rings. The molecule has 0 spiro atoms. The van der Waals surface area contributed by atoms with Gasteiger partial charge in [0, 0.05) is 5.75 Å². The number of nitrogens with zero attached hydrogens (tertiary/aromatic N) is 1. The summed E-state index contributed by atoms with van der Waals surface area (Å²) in [6.45, 7) is 4.13. The summed E-state index contributed by atoms with van der Waals surface area (Å²) in [5.74, 6) is 1.40. The predicted octanol–water partition coefficient (Wildman–Crippen LogP) is 4.90. The van der Waals surface area contributed by atoms with Crippen LogP contribution in [0.25, 0.3) is 0 Å². The molecule has 1 aromatic rings. The highest BCUT2D eigenvalue weighted by atomic mass is 35.5. The third-order valence-electron chi connectivity index (χ3n) is 3.17. The van der Waals surface area contributed by atoms with Crippen LogP contribution in [0.5, 0.6) is 0 Å². The van der Waals surface area contributed by atoms with E-state index in [-0.39, 0.29) is 11.1 Å². The van der Waals surface area contributed by atoms with E-state index in [1.165, 1.54) is 6.07 Å². The van der Waals surface area contributed by atoms with Gasteiger partial charge in [0.2, 0.25) is 0 Å². The quantitative estimate of drug-likeness (QED) is 0.795. The molecule has 20 heavy (non-hydrogen) atoms. The van der Waals surface area contributed by atoms with Gasteiger partial charge in [-0.2, -0.15) is 13.2 Å². The molecule has 0 saturated heterocycles. The van der Waals surface area contributed by atoms with Gasteiger partial charge in [0.25, 0.3) is 0 Å². The maximum atomic E-state index is 12.5. The van der Waals surface area contributed by atoms with Gasteiger partial charge in [-0.15, -0.1) is 0 Å². The van der Waals surface area contributed by atoms with Crippen molar-refractivity contribution in [1.82, 2.24) is 0 Å². The molecule has 0 aromatic heterocycles. The fraction of sp³-hybridized carbons (Fsp3) is 0.462. The second-order valence-electron chi connectivity index (χ2n) is 4.78. The van der Waals surface area contributed by atoms with Gasteiger partial charge in [-0.3, -0.25) is 4.99 Å². The van der Waals surface area contributed by atoms with Crippen LogP contribution in [0.1, 0.15) is 19.4 Å². The van der Waals surface area contributed by atoms with Crippen LogP contribution in [0.15, 0.2) is 23.2 Å². The maximum absolute atomic E-state index is 12.5. The van der Waals surface area contributed by atoms with Gasteiger partial charge in [0.15, 0.2) is 5.17 Å². The van der Waals surface area contributed by atoms with Gasteiger partial charge >= 0.3 is 6.18 Å². The van der Waals surface area contributed by atoms with E-state index in [0.29, 0.717) is 16.8 Å². The highest BCUT2D eigenvalue weighted by Crippen LogP contribution is 2.34. The van der Waals surface area contributed by atoms with Crippen molar-refractivity contribution in [3.63, 3.8) is 0 Å².